The minimum atomic E-state index is 1.27. The molecule has 0 bridgehead atoms. The third kappa shape index (κ3) is 8.09. The molecule has 0 saturated carbocycles. The third-order valence-corrected chi connectivity index (χ3v) is 2.15. The first kappa shape index (κ1) is 10.1. The van der Waals surface area contributed by atoms with Gasteiger partial charge in [-0.2, -0.15) is 11.8 Å². The van der Waals surface area contributed by atoms with Crippen LogP contribution in [0.2, 0.25) is 0 Å². The second-order valence-corrected chi connectivity index (χ2v) is 3.40. The Bertz CT molecular complexity index is 76.8. The maximum Gasteiger partial charge on any atom is -0.00703 e. The van der Waals surface area contributed by atoms with E-state index in [2.05, 4.69) is 25.3 Å². The first-order valence-corrected chi connectivity index (χ1v) is 5.41. The van der Waals surface area contributed by atoms with Crippen molar-refractivity contribution >= 4 is 11.8 Å². The molecule has 0 nitrogen and oxygen atoms in total. The van der Waals surface area contributed by atoms with Crippen LogP contribution in [0.15, 0.2) is 12.2 Å². The van der Waals surface area contributed by atoms with Gasteiger partial charge in [-0.25, -0.2) is 0 Å². The minimum absolute atomic E-state index is 1.27. The van der Waals surface area contributed by atoms with Gasteiger partial charge in [0.15, 0.2) is 0 Å². The van der Waals surface area contributed by atoms with Gasteiger partial charge in [-0.3, -0.25) is 0 Å². The van der Waals surface area contributed by atoms with Crippen LogP contribution in [0.25, 0.3) is 0 Å². The Morgan fingerprint density at radius 1 is 1.20 bits per heavy atom. The molecule has 0 aromatic heterocycles. The zero-order valence-electron chi connectivity index (χ0n) is 7.10. The third-order valence-electron chi connectivity index (χ3n) is 1.45. The van der Waals surface area contributed by atoms with Crippen LogP contribution >= 0.6 is 11.8 Å². The Kier molecular flexibility index (Phi) is 9.17. The molecule has 0 unspecified atom stereocenters. The van der Waals surface area contributed by atoms with Crippen molar-refractivity contribution in [1.29, 1.82) is 0 Å². The molecule has 60 valence electrons. The van der Waals surface area contributed by atoms with E-state index in [0.717, 1.165) is 0 Å². The average molecular weight is 158 g/mol. The molecular formula is C9H18S. The topological polar surface area (TPSA) is 0 Å². The molecule has 0 saturated heterocycles. The molecule has 1 heteroatoms. The summed E-state index contributed by atoms with van der Waals surface area (Å²) in [5, 5.41) is 0. The minimum Gasteiger partial charge on any atom is -0.165 e. The molecule has 0 aliphatic heterocycles. The Morgan fingerprint density at radius 3 is 2.60 bits per heavy atom. The van der Waals surface area contributed by atoms with Crippen LogP contribution in [0.5, 0.6) is 0 Å². The van der Waals surface area contributed by atoms with Crippen molar-refractivity contribution in [2.45, 2.75) is 32.6 Å². The lowest BCUT2D eigenvalue weighted by Gasteiger charge is -1.94. The molecule has 0 heterocycles. The van der Waals surface area contributed by atoms with Gasteiger partial charge in [0, 0.05) is 0 Å². The Hall–Kier alpha value is 0.0900. The molecule has 0 spiro atoms. The largest absolute Gasteiger partial charge is 0.165 e. The highest BCUT2D eigenvalue weighted by Gasteiger charge is 1.85. The fourth-order valence-electron chi connectivity index (χ4n) is 0.852. The van der Waals surface area contributed by atoms with Gasteiger partial charge in [0.05, 0.1) is 0 Å². The van der Waals surface area contributed by atoms with E-state index in [1.165, 1.54) is 31.4 Å². The maximum atomic E-state index is 2.25. The first-order valence-electron chi connectivity index (χ1n) is 4.02. The molecule has 0 aliphatic carbocycles. The predicted octanol–water partition coefficient (Wildman–Crippen LogP) is 3.49. The Labute approximate surface area is 69.1 Å². The highest BCUT2D eigenvalue weighted by molar-refractivity contribution is 7.98. The van der Waals surface area contributed by atoms with Gasteiger partial charge in [0.2, 0.25) is 0 Å². The van der Waals surface area contributed by atoms with Crippen LogP contribution in [0.4, 0.5) is 0 Å². The van der Waals surface area contributed by atoms with E-state index in [1.807, 2.05) is 11.8 Å². The fourth-order valence-corrected chi connectivity index (χ4v) is 1.34. The quantitative estimate of drug-likeness (QED) is 0.421. The SMILES string of the molecule is CC=CCCCCCSC. The van der Waals surface area contributed by atoms with E-state index in [1.54, 1.807) is 0 Å². The summed E-state index contributed by atoms with van der Waals surface area (Å²) in [6.07, 6.45) is 12.0. The monoisotopic (exact) mass is 158 g/mol. The van der Waals surface area contributed by atoms with Crippen molar-refractivity contribution < 1.29 is 0 Å². The van der Waals surface area contributed by atoms with Crippen molar-refractivity contribution in [3.05, 3.63) is 12.2 Å². The zero-order valence-corrected chi connectivity index (χ0v) is 7.91. The number of thioether (sulfide) groups is 1. The molecule has 0 rings (SSSR count). The van der Waals surface area contributed by atoms with E-state index in [-0.39, 0.29) is 0 Å². The lowest BCUT2D eigenvalue weighted by molar-refractivity contribution is 0.734. The van der Waals surface area contributed by atoms with Crippen LogP contribution < -0.4 is 0 Å². The lowest BCUT2D eigenvalue weighted by Crippen LogP contribution is -1.78. The second kappa shape index (κ2) is 9.09. The summed E-state index contributed by atoms with van der Waals surface area (Å²) in [6, 6.07) is 0. The van der Waals surface area contributed by atoms with Crippen LogP contribution in [0.1, 0.15) is 32.6 Å². The van der Waals surface area contributed by atoms with Gasteiger partial charge in [-0.05, 0) is 38.2 Å². The van der Waals surface area contributed by atoms with Crippen molar-refractivity contribution in [3.8, 4) is 0 Å². The number of unbranched alkanes of at least 4 members (excludes halogenated alkanes) is 3. The van der Waals surface area contributed by atoms with E-state index in [0.29, 0.717) is 0 Å². The van der Waals surface area contributed by atoms with Crippen molar-refractivity contribution in [1.82, 2.24) is 0 Å². The number of allylic oxidation sites excluding steroid dienone is 2. The molecule has 0 atom stereocenters. The molecule has 0 radical (unpaired) electrons. The molecular weight excluding hydrogens is 140 g/mol. The smallest absolute Gasteiger partial charge is 0.00703 e. The number of hydrogen-bond acceptors (Lipinski definition) is 1. The van der Waals surface area contributed by atoms with E-state index in [9.17, 15) is 0 Å². The number of hydrogen-bond donors (Lipinski definition) is 0. The van der Waals surface area contributed by atoms with E-state index >= 15 is 0 Å². The molecule has 0 aromatic carbocycles. The van der Waals surface area contributed by atoms with Gasteiger partial charge in [-0.15, -0.1) is 0 Å². The second-order valence-electron chi connectivity index (χ2n) is 2.41. The van der Waals surface area contributed by atoms with E-state index in [4.69, 9.17) is 0 Å². The summed E-state index contributed by atoms with van der Waals surface area (Å²) in [5.41, 5.74) is 0. The molecule has 0 aromatic rings. The fraction of sp³-hybridized carbons (Fsp3) is 0.778. The van der Waals surface area contributed by atoms with Gasteiger partial charge >= 0.3 is 0 Å². The van der Waals surface area contributed by atoms with Crippen LogP contribution in [0, 0.1) is 0 Å². The summed E-state index contributed by atoms with van der Waals surface area (Å²) in [7, 11) is 0. The molecule has 0 N–H and O–H groups in total. The van der Waals surface area contributed by atoms with Crippen molar-refractivity contribution in [3.63, 3.8) is 0 Å². The van der Waals surface area contributed by atoms with E-state index < -0.39 is 0 Å². The molecule has 10 heavy (non-hydrogen) atoms. The summed E-state index contributed by atoms with van der Waals surface area (Å²) in [4.78, 5) is 0. The average Bonchev–Trinajstić information content (AvgIpc) is 1.97. The summed E-state index contributed by atoms with van der Waals surface area (Å²) in [6.45, 7) is 2.09. The van der Waals surface area contributed by atoms with Gasteiger partial charge in [-0.1, -0.05) is 18.6 Å². The molecule has 0 fully saturated rings. The Balaban J connectivity index is 2.77. The van der Waals surface area contributed by atoms with Crippen LogP contribution in [0.3, 0.4) is 0 Å². The summed E-state index contributed by atoms with van der Waals surface area (Å²) in [5.74, 6) is 1.33. The van der Waals surface area contributed by atoms with Crippen LogP contribution in [-0.4, -0.2) is 12.0 Å². The van der Waals surface area contributed by atoms with Crippen molar-refractivity contribution in [2.24, 2.45) is 0 Å². The molecule has 0 aliphatic rings. The zero-order chi connectivity index (χ0) is 7.66. The van der Waals surface area contributed by atoms with Gasteiger partial charge < -0.3 is 0 Å². The highest BCUT2D eigenvalue weighted by Crippen LogP contribution is 2.04. The number of rotatable bonds is 6. The van der Waals surface area contributed by atoms with Crippen molar-refractivity contribution in [2.75, 3.05) is 12.0 Å². The van der Waals surface area contributed by atoms with Gasteiger partial charge in [0.25, 0.3) is 0 Å². The Morgan fingerprint density at radius 2 is 2.00 bits per heavy atom. The normalized spacial score (nSPS) is 11.0. The first-order chi connectivity index (χ1) is 4.91. The lowest BCUT2D eigenvalue weighted by atomic mass is 10.2. The van der Waals surface area contributed by atoms with Gasteiger partial charge in [0.1, 0.15) is 0 Å². The van der Waals surface area contributed by atoms with Crippen LogP contribution in [-0.2, 0) is 0 Å². The maximum absolute atomic E-state index is 2.25. The predicted molar refractivity (Wildman–Crippen MR) is 51.7 cm³/mol. The molecule has 0 amide bonds. The highest BCUT2D eigenvalue weighted by atomic mass is 32.2. The summed E-state index contributed by atoms with van der Waals surface area (Å²) < 4.78 is 0. The standard InChI is InChI=1S/C9H18S/c1-3-4-5-6-7-8-9-10-2/h3-4H,5-9H2,1-2H3. The summed E-state index contributed by atoms with van der Waals surface area (Å²) >= 11 is 1.95.